The molecular weight excluding hydrogens is 688 g/mol. The molecule has 0 fully saturated rings. The number of rotatable bonds is 19. The van der Waals surface area contributed by atoms with Gasteiger partial charge in [-0.3, -0.25) is 19.2 Å². The van der Waals surface area contributed by atoms with Crippen LogP contribution in [-0.4, -0.2) is 60.5 Å². The van der Waals surface area contributed by atoms with E-state index in [1.165, 1.54) is 0 Å². The van der Waals surface area contributed by atoms with E-state index in [-0.39, 0.29) is 39.1 Å². The molecule has 0 N–H and O–H groups in total. The highest BCUT2D eigenvalue weighted by Crippen LogP contribution is 2.48. The van der Waals surface area contributed by atoms with Crippen molar-refractivity contribution in [3.8, 4) is 0 Å². The number of thioether (sulfide) groups is 1. The fraction of sp³-hybridized carbons (Fsp3) is 0.389. The summed E-state index contributed by atoms with van der Waals surface area (Å²) in [6.07, 6.45) is 0.414. The van der Waals surface area contributed by atoms with Crippen molar-refractivity contribution in [2.24, 2.45) is 5.41 Å². The van der Waals surface area contributed by atoms with E-state index in [1.54, 1.807) is 67.2 Å². The van der Waals surface area contributed by atoms with Gasteiger partial charge in [0.15, 0.2) is 0 Å². The fourth-order valence-corrected chi connectivity index (χ4v) is 8.77. The summed E-state index contributed by atoms with van der Waals surface area (Å²) in [6.45, 7) is 5.17. The Hall–Kier alpha value is -2.98. The van der Waals surface area contributed by atoms with Gasteiger partial charge in [-0.1, -0.05) is 72.8 Å². The van der Waals surface area contributed by atoms with Gasteiger partial charge < -0.3 is 18.8 Å². The van der Waals surface area contributed by atoms with Gasteiger partial charge in [0.25, 0.3) is 0 Å². The molecule has 3 aromatic carbocycles. The number of thiol groups is 2. The lowest BCUT2D eigenvalue weighted by Gasteiger charge is -2.28. The third-order valence-corrected chi connectivity index (χ3v) is 11.8. The monoisotopic (exact) mass is 730 g/mol. The van der Waals surface area contributed by atoms with Gasteiger partial charge in [0.1, 0.15) is 19.8 Å². The zero-order valence-electron chi connectivity index (χ0n) is 27.5. The second-order valence-corrected chi connectivity index (χ2v) is 16.4. The van der Waals surface area contributed by atoms with Gasteiger partial charge in [0, 0.05) is 39.2 Å². The van der Waals surface area contributed by atoms with E-state index in [2.05, 4.69) is 25.3 Å². The number of esters is 3. The molecule has 8 nitrogen and oxygen atoms in total. The van der Waals surface area contributed by atoms with E-state index in [9.17, 15) is 23.7 Å². The minimum absolute atomic E-state index is 0.0842. The first-order valence-electron chi connectivity index (χ1n) is 15.6. The number of carbonyl (C=O) groups is 4. The Bertz CT molecular complexity index is 1510. The smallest absolute Gasteiger partial charge is 0.306 e. The average molecular weight is 731 g/mol. The van der Waals surface area contributed by atoms with Crippen molar-refractivity contribution in [1.82, 2.24) is 0 Å². The van der Waals surface area contributed by atoms with Gasteiger partial charge >= 0.3 is 17.9 Å². The Morgan fingerprint density at radius 2 is 1.12 bits per heavy atom. The Kier molecular flexibility index (Phi) is 15.8. The van der Waals surface area contributed by atoms with E-state index in [1.807, 2.05) is 38.1 Å². The van der Waals surface area contributed by atoms with E-state index in [0.29, 0.717) is 39.2 Å². The number of carbonyl (C=O) groups excluding carboxylic acids is 4. The van der Waals surface area contributed by atoms with Crippen molar-refractivity contribution in [3.05, 3.63) is 95.1 Å². The lowest BCUT2D eigenvalue weighted by Crippen LogP contribution is -2.37. The van der Waals surface area contributed by atoms with Crippen molar-refractivity contribution in [3.63, 3.8) is 0 Å². The number of aryl methyl sites for hydroxylation is 2. The van der Waals surface area contributed by atoms with Crippen LogP contribution < -0.4 is 10.6 Å². The Morgan fingerprint density at radius 1 is 0.708 bits per heavy atom. The lowest BCUT2D eigenvalue weighted by atomic mass is 9.94. The molecule has 0 atom stereocenters. The van der Waals surface area contributed by atoms with Gasteiger partial charge in [0.2, 0.25) is 12.7 Å². The van der Waals surface area contributed by atoms with E-state index in [4.69, 9.17) is 14.2 Å². The molecule has 0 aliphatic carbocycles. The predicted octanol–water partition coefficient (Wildman–Crippen LogP) is 6.36. The maximum atomic E-state index is 14.6. The Labute approximate surface area is 298 Å². The maximum Gasteiger partial charge on any atom is 0.306 e. The van der Waals surface area contributed by atoms with E-state index < -0.39 is 36.0 Å². The van der Waals surface area contributed by atoms with Crippen LogP contribution in [-0.2, 0) is 38.9 Å². The van der Waals surface area contributed by atoms with Crippen molar-refractivity contribution in [2.45, 2.75) is 45.8 Å². The predicted molar refractivity (Wildman–Crippen MR) is 199 cm³/mol. The molecule has 0 saturated carbocycles. The third kappa shape index (κ3) is 11.3. The summed E-state index contributed by atoms with van der Waals surface area (Å²) < 4.78 is 30.7. The van der Waals surface area contributed by atoms with Crippen LogP contribution in [0.1, 0.15) is 53.2 Å². The molecule has 0 radical (unpaired) electrons. The molecule has 0 spiro atoms. The fourth-order valence-electron chi connectivity index (χ4n) is 4.92. The van der Waals surface area contributed by atoms with Crippen LogP contribution >= 0.6 is 44.2 Å². The van der Waals surface area contributed by atoms with Crippen molar-refractivity contribution >= 4 is 78.2 Å². The molecule has 48 heavy (non-hydrogen) atoms. The zero-order valence-corrected chi connectivity index (χ0v) is 31.0. The number of hydrogen-bond acceptors (Lipinski definition) is 11. The highest BCUT2D eigenvalue weighted by Gasteiger charge is 2.38. The van der Waals surface area contributed by atoms with Crippen LogP contribution in [0.2, 0.25) is 0 Å². The second-order valence-electron chi connectivity index (χ2n) is 11.7. The van der Waals surface area contributed by atoms with Gasteiger partial charge in [-0.25, -0.2) is 0 Å². The summed E-state index contributed by atoms with van der Waals surface area (Å²) in [6, 6.07) is 21.7. The second kappa shape index (κ2) is 19.3. The molecule has 0 bridgehead atoms. The topological polar surface area (TPSA) is 113 Å². The molecule has 0 aromatic heterocycles. The molecular formula is C36H43O8PS3. The normalized spacial score (nSPS) is 11.5. The molecule has 3 rings (SSSR count). The zero-order chi connectivity index (χ0) is 35.2. The summed E-state index contributed by atoms with van der Waals surface area (Å²) in [4.78, 5) is 50.5. The van der Waals surface area contributed by atoms with Gasteiger partial charge in [0.05, 0.1) is 24.7 Å². The lowest BCUT2D eigenvalue weighted by molar-refractivity contribution is -0.160. The highest BCUT2D eigenvalue weighted by atomic mass is 32.2. The third-order valence-electron chi connectivity index (χ3n) is 7.43. The Morgan fingerprint density at radius 3 is 1.54 bits per heavy atom. The first-order chi connectivity index (χ1) is 22.9. The largest absolute Gasteiger partial charge is 0.465 e. The minimum atomic E-state index is -3.64. The summed E-state index contributed by atoms with van der Waals surface area (Å²) in [5, 5.41) is 0.992. The van der Waals surface area contributed by atoms with E-state index >= 15 is 0 Å². The number of benzene rings is 3. The molecule has 3 aromatic rings. The summed E-state index contributed by atoms with van der Waals surface area (Å²) in [5.41, 5.74) is 1.61. The summed E-state index contributed by atoms with van der Waals surface area (Å²) in [7, 11) is -3.64. The quantitative estimate of drug-likeness (QED) is 0.0479. The number of ether oxygens (including phenoxy) is 3. The first-order valence-corrected chi connectivity index (χ1v) is 19.7. The summed E-state index contributed by atoms with van der Waals surface area (Å²) >= 11 is 9.61. The van der Waals surface area contributed by atoms with Crippen LogP contribution in [0.4, 0.5) is 0 Å². The summed E-state index contributed by atoms with van der Waals surface area (Å²) in [5.74, 6) is 0.450. The van der Waals surface area contributed by atoms with Crippen LogP contribution in [0.5, 0.6) is 0 Å². The standard InChI is InChI=1S/C36H43O8PS3/c1-26-20-28(21-27(2)34(26)35(40)45(41,29-10-6-4-7-11-29)30-12-8-5-9-13-30)22-48-19-16-33(39)44-25-36(3,23-42-31(37)14-17-46)24-43-32(38)15-18-47/h4-13,20-21,46-47H,14-19,22-25H2,1-3H3. The molecule has 258 valence electrons. The molecule has 0 aliphatic rings. The maximum absolute atomic E-state index is 14.6. The Balaban J connectivity index is 1.61. The van der Waals surface area contributed by atoms with Crippen molar-refractivity contribution in [2.75, 3.05) is 37.1 Å². The highest BCUT2D eigenvalue weighted by molar-refractivity contribution is 7.98. The van der Waals surface area contributed by atoms with Crippen LogP contribution in [0.25, 0.3) is 0 Å². The molecule has 12 heteroatoms. The van der Waals surface area contributed by atoms with E-state index in [0.717, 1.165) is 16.7 Å². The molecule has 0 saturated heterocycles. The van der Waals surface area contributed by atoms with Gasteiger partial charge in [-0.2, -0.15) is 37.0 Å². The first kappa shape index (κ1) is 39.5. The molecule has 0 unspecified atom stereocenters. The van der Waals surface area contributed by atoms with Gasteiger partial charge in [-0.15, -0.1) is 0 Å². The molecule has 0 aliphatic heterocycles. The minimum Gasteiger partial charge on any atom is -0.465 e. The number of hydrogen-bond donors (Lipinski definition) is 2. The molecule has 0 heterocycles. The van der Waals surface area contributed by atoms with Crippen LogP contribution in [0.3, 0.4) is 0 Å². The van der Waals surface area contributed by atoms with Crippen LogP contribution in [0, 0.1) is 19.3 Å². The van der Waals surface area contributed by atoms with Crippen molar-refractivity contribution in [1.29, 1.82) is 0 Å². The van der Waals surface area contributed by atoms with Crippen molar-refractivity contribution < 1.29 is 38.0 Å². The molecule has 0 amide bonds. The van der Waals surface area contributed by atoms with Gasteiger partial charge in [-0.05, 0) is 37.5 Å². The van der Waals surface area contributed by atoms with Crippen LogP contribution in [0.15, 0.2) is 72.8 Å². The SMILES string of the molecule is Cc1cc(CSCCC(=O)OCC(C)(COC(=O)CCS)COC(=O)CCS)cc(C)c1C(=O)P(=O)(c1ccccc1)c1ccccc1. The average Bonchev–Trinajstić information content (AvgIpc) is 3.08.